The largest absolute Gasteiger partial charge is 0.480 e. The number of carbonyl (C=O) groups excluding carboxylic acids is 1. The highest BCUT2D eigenvalue weighted by atomic mass is 16.4. The second-order valence-electron chi connectivity index (χ2n) is 3.49. The molecule has 0 fully saturated rings. The third-order valence-electron chi connectivity index (χ3n) is 2.15. The fraction of sp³-hybridized carbons (Fsp3) is 0.333. The Morgan fingerprint density at radius 2 is 2.06 bits per heavy atom. The summed E-state index contributed by atoms with van der Waals surface area (Å²) >= 11 is 0. The molecule has 0 aliphatic rings. The zero-order chi connectivity index (χ0) is 15.3. The summed E-state index contributed by atoms with van der Waals surface area (Å²) in [7, 11) is 0. The van der Waals surface area contributed by atoms with Gasteiger partial charge in [0.2, 0.25) is 5.91 Å². The molecule has 17 heavy (non-hydrogen) atoms. The average Bonchev–Trinajstić information content (AvgIpc) is 2.37. The number of benzene rings is 1. The minimum absolute atomic E-state index is 0.00433. The number of hydrogen-bond acceptors (Lipinski definition) is 3. The topological polar surface area (TPSA) is 86.6 Å². The number of amides is 1. The zero-order valence-corrected chi connectivity index (χ0v) is 8.96. The molecule has 1 amide bonds. The maximum atomic E-state index is 11.5. The van der Waals surface area contributed by atoms with Crippen LogP contribution in [0.25, 0.3) is 0 Å². The lowest BCUT2D eigenvalue weighted by Crippen LogP contribution is -2.45. The van der Waals surface area contributed by atoms with Crippen LogP contribution in [0.4, 0.5) is 0 Å². The van der Waals surface area contributed by atoms with Gasteiger partial charge in [0.15, 0.2) is 0 Å². The van der Waals surface area contributed by atoms with E-state index in [1.165, 1.54) is 0 Å². The summed E-state index contributed by atoms with van der Waals surface area (Å²) in [6.45, 7) is -2.89. The van der Waals surface area contributed by atoms with Gasteiger partial charge in [-0.3, -0.25) is 4.79 Å². The SMILES string of the molecule is [2H]C([2H])([2H])[C@H](O)C(=O)N[C@@H](Cc1ccccc1)C(=O)O. The monoisotopic (exact) mass is 240 g/mol. The van der Waals surface area contributed by atoms with E-state index in [0.29, 0.717) is 5.56 Å². The first-order chi connectivity index (χ1) is 9.21. The van der Waals surface area contributed by atoms with Gasteiger partial charge in [-0.05, 0) is 12.4 Å². The molecule has 3 N–H and O–H groups in total. The van der Waals surface area contributed by atoms with Crippen molar-refractivity contribution >= 4 is 11.9 Å². The van der Waals surface area contributed by atoms with Gasteiger partial charge in [-0.15, -0.1) is 0 Å². The van der Waals surface area contributed by atoms with Gasteiger partial charge < -0.3 is 15.5 Å². The van der Waals surface area contributed by atoms with Crippen LogP contribution in [-0.4, -0.2) is 34.2 Å². The smallest absolute Gasteiger partial charge is 0.326 e. The molecule has 0 saturated carbocycles. The van der Waals surface area contributed by atoms with Gasteiger partial charge in [0.25, 0.3) is 0 Å². The molecule has 92 valence electrons. The molecule has 1 rings (SSSR count). The number of aliphatic carboxylic acids is 1. The normalized spacial score (nSPS) is 17.1. The van der Waals surface area contributed by atoms with Gasteiger partial charge in [0.05, 0.1) is 0 Å². The fourth-order valence-electron chi connectivity index (χ4n) is 1.30. The van der Waals surface area contributed by atoms with Crippen LogP contribution in [-0.2, 0) is 16.0 Å². The third-order valence-corrected chi connectivity index (χ3v) is 2.15. The number of rotatable bonds is 5. The molecule has 0 heterocycles. The Morgan fingerprint density at radius 3 is 2.59 bits per heavy atom. The van der Waals surface area contributed by atoms with Gasteiger partial charge in [0.1, 0.15) is 12.1 Å². The lowest BCUT2D eigenvalue weighted by Gasteiger charge is -2.15. The second kappa shape index (κ2) is 6.00. The molecule has 2 atom stereocenters. The van der Waals surface area contributed by atoms with Gasteiger partial charge in [-0.2, -0.15) is 0 Å². The molecule has 0 saturated heterocycles. The highest BCUT2D eigenvalue weighted by Crippen LogP contribution is 2.03. The van der Waals surface area contributed by atoms with Crippen molar-refractivity contribution in [3.05, 3.63) is 35.9 Å². The second-order valence-corrected chi connectivity index (χ2v) is 3.49. The number of aliphatic hydroxyl groups excluding tert-OH is 1. The lowest BCUT2D eigenvalue weighted by molar-refractivity contribution is -0.143. The Hall–Kier alpha value is -1.88. The molecular formula is C12H15NO4. The summed E-state index contributed by atoms with van der Waals surface area (Å²) < 4.78 is 20.7. The number of hydrogen-bond donors (Lipinski definition) is 3. The molecule has 1 aromatic rings. The predicted octanol–water partition coefficient (Wildman–Crippen LogP) is 0.179. The summed E-state index contributed by atoms with van der Waals surface area (Å²) in [5.74, 6) is -2.53. The zero-order valence-electron chi connectivity index (χ0n) is 12.0. The van der Waals surface area contributed by atoms with Crippen molar-refractivity contribution < 1.29 is 23.9 Å². The van der Waals surface area contributed by atoms with Crippen LogP contribution in [0.3, 0.4) is 0 Å². The third kappa shape index (κ3) is 4.24. The maximum Gasteiger partial charge on any atom is 0.326 e. The van der Waals surface area contributed by atoms with Crippen LogP contribution < -0.4 is 5.32 Å². The van der Waals surface area contributed by atoms with Gasteiger partial charge in [-0.1, -0.05) is 30.3 Å². The van der Waals surface area contributed by atoms with Crippen molar-refractivity contribution in [2.75, 3.05) is 0 Å². The number of nitrogens with one attached hydrogen (secondary N) is 1. The quantitative estimate of drug-likeness (QED) is 0.685. The molecule has 0 spiro atoms. The Balaban J connectivity index is 2.74. The van der Waals surface area contributed by atoms with Gasteiger partial charge >= 0.3 is 5.97 Å². The summed E-state index contributed by atoms with van der Waals surface area (Å²) in [6.07, 6.45) is -2.25. The summed E-state index contributed by atoms with van der Waals surface area (Å²) in [5, 5.41) is 20.3. The Labute approximate surface area is 103 Å². The summed E-state index contributed by atoms with van der Waals surface area (Å²) in [4.78, 5) is 22.6. The molecule has 1 aromatic carbocycles. The van der Waals surface area contributed by atoms with Gasteiger partial charge in [-0.25, -0.2) is 4.79 Å². The van der Waals surface area contributed by atoms with Crippen molar-refractivity contribution in [1.29, 1.82) is 0 Å². The maximum absolute atomic E-state index is 11.5. The lowest BCUT2D eigenvalue weighted by atomic mass is 10.1. The molecule has 0 bridgehead atoms. The molecule has 0 unspecified atom stereocenters. The van der Waals surface area contributed by atoms with Gasteiger partial charge in [0, 0.05) is 10.5 Å². The molecule has 5 nitrogen and oxygen atoms in total. The number of carbonyl (C=O) groups is 2. The minimum atomic E-state index is -2.89. The van der Waals surface area contributed by atoms with Crippen LogP contribution in [0.1, 0.15) is 16.5 Å². The molecule has 5 heteroatoms. The van der Waals surface area contributed by atoms with Crippen molar-refractivity contribution in [2.45, 2.75) is 25.4 Å². The van der Waals surface area contributed by atoms with Crippen LogP contribution in [0.15, 0.2) is 30.3 Å². The summed E-state index contributed by atoms with van der Waals surface area (Å²) in [5.41, 5.74) is 0.670. The summed E-state index contributed by atoms with van der Waals surface area (Å²) in [6, 6.07) is 7.25. The fourth-order valence-corrected chi connectivity index (χ4v) is 1.30. The van der Waals surface area contributed by atoms with E-state index in [-0.39, 0.29) is 6.42 Å². The van der Waals surface area contributed by atoms with Crippen molar-refractivity contribution in [2.24, 2.45) is 0 Å². The minimum Gasteiger partial charge on any atom is -0.480 e. The standard InChI is InChI=1S/C12H15NO4/c1-8(14)11(15)13-10(12(16)17)7-9-5-3-2-4-6-9/h2-6,8,10,14H,7H2,1H3,(H,13,15)(H,16,17)/t8-,10-/m0/s1/i1D3. The Kier molecular flexibility index (Phi) is 3.24. The molecule has 0 aromatic heterocycles. The highest BCUT2D eigenvalue weighted by Gasteiger charge is 2.22. The highest BCUT2D eigenvalue weighted by molar-refractivity contribution is 5.86. The molecule has 0 radical (unpaired) electrons. The molecule has 0 aliphatic heterocycles. The van der Waals surface area contributed by atoms with E-state index in [9.17, 15) is 14.7 Å². The van der Waals surface area contributed by atoms with E-state index in [4.69, 9.17) is 9.22 Å². The van der Waals surface area contributed by atoms with E-state index in [2.05, 4.69) is 0 Å². The van der Waals surface area contributed by atoms with E-state index < -0.39 is 30.9 Å². The van der Waals surface area contributed by atoms with Crippen LogP contribution >= 0.6 is 0 Å². The first-order valence-electron chi connectivity index (χ1n) is 6.47. The first kappa shape index (κ1) is 9.18. The van der Waals surface area contributed by atoms with Crippen molar-refractivity contribution in [3.8, 4) is 0 Å². The molecule has 0 aliphatic carbocycles. The Bertz CT molecular complexity index is 475. The average molecular weight is 240 g/mol. The van der Waals surface area contributed by atoms with Crippen molar-refractivity contribution in [3.63, 3.8) is 0 Å². The molecular weight excluding hydrogens is 222 g/mol. The number of carboxylic acids is 1. The van der Waals surface area contributed by atoms with E-state index in [0.717, 1.165) is 0 Å². The predicted molar refractivity (Wildman–Crippen MR) is 61.4 cm³/mol. The van der Waals surface area contributed by atoms with E-state index in [1.54, 1.807) is 30.3 Å². The van der Waals surface area contributed by atoms with Crippen LogP contribution in [0.5, 0.6) is 0 Å². The first-order valence-corrected chi connectivity index (χ1v) is 4.97. The van der Waals surface area contributed by atoms with Crippen LogP contribution in [0.2, 0.25) is 0 Å². The van der Waals surface area contributed by atoms with E-state index in [1.807, 2.05) is 5.32 Å². The number of carboxylic acid groups (broad SMARTS) is 1. The van der Waals surface area contributed by atoms with Crippen molar-refractivity contribution in [1.82, 2.24) is 5.32 Å². The van der Waals surface area contributed by atoms with Crippen LogP contribution in [0, 0.1) is 0 Å². The number of aliphatic hydroxyl groups is 1. The van der Waals surface area contributed by atoms with E-state index >= 15 is 0 Å². The Morgan fingerprint density at radius 1 is 1.41 bits per heavy atom.